The predicted molar refractivity (Wildman–Crippen MR) is 127 cm³/mol. The van der Waals surface area contributed by atoms with Crippen LogP contribution in [0, 0.1) is 6.92 Å². The fourth-order valence-electron chi connectivity index (χ4n) is 3.61. The van der Waals surface area contributed by atoms with E-state index >= 15 is 0 Å². The van der Waals surface area contributed by atoms with Crippen LogP contribution in [0.1, 0.15) is 35.7 Å². The van der Waals surface area contributed by atoms with Crippen molar-refractivity contribution < 1.29 is 4.79 Å². The van der Waals surface area contributed by atoms with E-state index < -0.39 is 0 Å². The molecule has 2 aromatic carbocycles. The van der Waals surface area contributed by atoms with Gasteiger partial charge in [0.25, 0.3) is 0 Å². The van der Waals surface area contributed by atoms with Crippen LogP contribution in [0.3, 0.4) is 0 Å². The van der Waals surface area contributed by atoms with E-state index in [0.29, 0.717) is 23.4 Å². The average molecular weight is 460 g/mol. The Labute approximate surface area is 195 Å². The summed E-state index contributed by atoms with van der Waals surface area (Å²) in [5, 5.41) is 19.9. The summed E-state index contributed by atoms with van der Waals surface area (Å²) in [6, 6.07) is 17.8. The maximum Gasteiger partial charge on any atom is 0.248 e. The molecule has 0 atom stereocenters. The monoisotopic (exact) mass is 459 g/mol. The first kappa shape index (κ1) is 21.1. The van der Waals surface area contributed by atoms with Crippen LogP contribution < -0.4 is 5.32 Å². The fraction of sp³-hybridized carbons (Fsp3) is 0.208. The molecule has 33 heavy (non-hydrogen) atoms. The summed E-state index contributed by atoms with van der Waals surface area (Å²) in [7, 11) is 0. The van der Waals surface area contributed by atoms with Gasteiger partial charge >= 0.3 is 0 Å². The molecule has 0 bridgehead atoms. The van der Waals surface area contributed by atoms with E-state index in [2.05, 4.69) is 25.9 Å². The zero-order valence-corrected chi connectivity index (χ0v) is 18.8. The molecule has 0 spiro atoms. The minimum Gasteiger partial charge on any atom is -0.323 e. The number of amides is 1. The Bertz CT molecular complexity index is 1300. The van der Waals surface area contributed by atoms with Gasteiger partial charge < -0.3 is 5.32 Å². The third kappa shape index (κ3) is 4.70. The molecule has 1 fully saturated rings. The molecule has 8 nitrogen and oxygen atoms in total. The number of aryl methyl sites for hydroxylation is 1. The maximum absolute atomic E-state index is 12.5. The van der Waals surface area contributed by atoms with E-state index in [1.165, 1.54) is 6.08 Å². The van der Waals surface area contributed by atoms with Gasteiger partial charge in [0.05, 0.1) is 18.3 Å². The number of nitrogens with one attached hydrogen (secondary N) is 1. The van der Waals surface area contributed by atoms with Gasteiger partial charge in [0.15, 0.2) is 5.82 Å². The van der Waals surface area contributed by atoms with Gasteiger partial charge in [-0.25, -0.2) is 9.36 Å². The van der Waals surface area contributed by atoms with Gasteiger partial charge in [0.2, 0.25) is 5.91 Å². The van der Waals surface area contributed by atoms with Crippen LogP contribution in [-0.4, -0.2) is 35.9 Å². The van der Waals surface area contributed by atoms with Crippen molar-refractivity contribution in [2.24, 2.45) is 0 Å². The minimum atomic E-state index is -0.253. The summed E-state index contributed by atoms with van der Waals surface area (Å²) in [5.41, 5.74) is 4.18. The van der Waals surface area contributed by atoms with Crippen molar-refractivity contribution in [1.82, 2.24) is 30.0 Å². The number of hydrogen-bond acceptors (Lipinski definition) is 5. The van der Waals surface area contributed by atoms with Gasteiger partial charge in [-0.2, -0.15) is 5.10 Å². The minimum absolute atomic E-state index is 0.253. The normalized spacial score (nSPS) is 13.5. The fourth-order valence-corrected chi connectivity index (χ4v) is 3.91. The van der Waals surface area contributed by atoms with E-state index in [1.807, 2.05) is 66.2 Å². The molecule has 2 heterocycles. The van der Waals surface area contributed by atoms with Crippen molar-refractivity contribution in [1.29, 1.82) is 0 Å². The van der Waals surface area contributed by atoms with Crippen LogP contribution in [0.2, 0.25) is 5.15 Å². The molecular weight excluding hydrogens is 438 g/mol. The average Bonchev–Trinajstić information content (AvgIpc) is 3.49. The van der Waals surface area contributed by atoms with Gasteiger partial charge in [-0.3, -0.25) is 4.79 Å². The van der Waals surface area contributed by atoms with Gasteiger partial charge in [-0.1, -0.05) is 41.9 Å². The van der Waals surface area contributed by atoms with Crippen LogP contribution in [0.15, 0.2) is 60.7 Å². The zero-order chi connectivity index (χ0) is 22.8. The lowest BCUT2D eigenvalue weighted by molar-refractivity contribution is -0.111. The molecule has 9 heteroatoms. The molecule has 1 amide bonds. The number of rotatable bonds is 7. The Kier molecular flexibility index (Phi) is 5.75. The molecule has 1 saturated carbocycles. The maximum atomic E-state index is 12.5. The third-order valence-electron chi connectivity index (χ3n) is 5.48. The van der Waals surface area contributed by atoms with E-state index in [4.69, 9.17) is 11.6 Å². The number of nitrogens with zero attached hydrogens (tertiary/aromatic N) is 6. The lowest BCUT2D eigenvalue weighted by atomic mass is 10.2. The van der Waals surface area contributed by atoms with Gasteiger partial charge in [-0.15, -0.1) is 5.10 Å². The molecule has 1 aliphatic rings. The lowest BCUT2D eigenvalue weighted by Crippen LogP contribution is -2.07. The van der Waals surface area contributed by atoms with Crippen molar-refractivity contribution in [3.8, 4) is 11.4 Å². The number of aromatic nitrogens is 6. The number of anilines is 1. The molecule has 5 rings (SSSR count). The summed E-state index contributed by atoms with van der Waals surface area (Å²) < 4.78 is 3.60. The number of hydrogen-bond donors (Lipinski definition) is 1. The molecule has 0 aliphatic heterocycles. The second-order valence-electron chi connectivity index (χ2n) is 8.01. The van der Waals surface area contributed by atoms with E-state index in [0.717, 1.165) is 41.1 Å². The number of benzene rings is 2. The molecule has 1 N–H and O–H groups in total. The van der Waals surface area contributed by atoms with Crippen molar-refractivity contribution in [2.75, 3.05) is 5.32 Å². The van der Waals surface area contributed by atoms with Gasteiger partial charge in [0.1, 0.15) is 5.15 Å². The van der Waals surface area contributed by atoms with E-state index in [1.54, 1.807) is 10.8 Å². The van der Waals surface area contributed by atoms with E-state index in [-0.39, 0.29) is 5.91 Å². The van der Waals surface area contributed by atoms with Crippen LogP contribution in [-0.2, 0) is 11.3 Å². The second-order valence-corrected chi connectivity index (χ2v) is 8.37. The molecule has 0 saturated heterocycles. The largest absolute Gasteiger partial charge is 0.323 e. The molecule has 1 aliphatic carbocycles. The van der Waals surface area contributed by atoms with Gasteiger partial charge in [-0.05, 0) is 66.1 Å². The summed E-state index contributed by atoms with van der Waals surface area (Å²) in [5.74, 6) is 0.491. The first-order chi connectivity index (χ1) is 16.1. The van der Waals surface area contributed by atoms with E-state index in [9.17, 15) is 4.79 Å². The molecule has 4 aromatic rings. The number of tetrazole rings is 1. The van der Waals surface area contributed by atoms with Crippen molar-refractivity contribution >= 4 is 29.3 Å². The molecular formula is C24H22ClN7O. The Morgan fingerprint density at radius 2 is 1.91 bits per heavy atom. The molecule has 2 aromatic heterocycles. The van der Waals surface area contributed by atoms with Crippen molar-refractivity contribution in [2.45, 2.75) is 32.4 Å². The summed E-state index contributed by atoms with van der Waals surface area (Å²) in [6.07, 6.45) is 5.37. The highest BCUT2D eigenvalue weighted by atomic mass is 35.5. The van der Waals surface area contributed by atoms with Crippen LogP contribution in [0.4, 0.5) is 5.69 Å². The number of halogens is 1. The van der Waals surface area contributed by atoms with Crippen LogP contribution >= 0.6 is 11.6 Å². The molecule has 0 unspecified atom stereocenters. The Balaban J connectivity index is 1.25. The molecule has 0 radical (unpaired) electrons. The Morgan fingerprint density at radius 3 is 2.64 bits per heavy atom. The smallest absolute Gasteiger partial charge is 0.248 e. The van der Waals surface area contributed by atoms with Crippen LogP contribution in [0.25, 0.3) is 17.5 Å². The predicted octanol–water partition coefficient (Wildman–Crippen LogP) is 4.53. The highest BCUT2D eigenvalue weighted by molar-refractivity contribution is 6.31. The zero-order valence-electron chi connectivity index (χ0n) is 18.0. The van der Waals surface area contributed by atoms with Gasteiger partial charge in [0, 0.05) is 22.9 Å². The number of carbonyl (C=O) groups excluding carboxylic acids is 1. The first-order valence-corrected chi connectivity index (χ1v) is 11.1. The standard InChI is InChI=1S/C24H22ClN7O/c1-16-21(23(25)31(28-16)15-17-5-3-2-4-6-17)13-14-22(33)26-19-9-7-18(8-10-19)24-27-29-30-32(24)20-11-12-20/h2-10,13-14,20H,11-12,15H2,1H3,(H,26,33)/b14-13+. The second kappa shape index (κ2) is 8.99. The van der Waals surface area contributed by atoms with Crippen LogP contribution in [0.5, 0.6) is 0 Å². The topological polar surface area (TPSA) is 90.5 Å². The quantitative estimate of drug-likeness (QED) is 0.410. The summed E-state index contributed by atoms with van der Waals surface area (Å²) in [6.45, 7) is 2.44. The Hall–Kier alpha value is -3.78. The summed E-state index contributed by atoms with van der Waals surface area (Å²) >= 11 is 6.53. The summed E-state index contributed by atoms with van der Waals surface area (Å²) in [4.78, 5) is 12.5. The number of carbonyl (C=O) groups is 1. The van der Waals surface area contributed by atoms with Crippen molar-refractivity contribution in [3.05, 3.63) is 82.6 Å². The molecule has 166 valence electrons. The lowest BCUT2D eigenvalue weighted by Gasteiger charge is -2.05. The van der Waals surface area contributed by atoms with Crippen molar-refractivity contribution in [3.63, 3.8) is 0 Å². The Morgan fingerprint density at radius 1 is 1.15 bits per heavy atom. The highest BCUT2D eigenvalue weighted by Gasteiger charge is 2.28. The first-order valence-electron chi connectivity index (χ1n) is 10.7. The third-order valence-corrected chi connectivity index (χ3v) is 5.88. The highest BCUT2D eigenvalue weighted by Crippen LogP contribution is 2.36. The SMILES string of the molecule is Cc1nn(Cc2ccccc2)c(Cl)c1/C=C/C(=O)Nc1ccc(-c2nnnn2C2CC2)cc1.